The molecule has 2 amide bonds. The highest BCUT2D eigenvalue weighted by molar-refractivity contribution is 5.94. The van der Waals surface area contributed by atoms with Gasteiger partial charge in [0.2, 0.25) is 5.91 Å². The summed E-state index contributed by atoms with van der Waals surface area (Å²) in [6.45, 7) is 9.43. The van der Waals surface area contributed by atoms with Gasteiger partial charge < -0.3 is 18.6 Å². The van der Waals surface area contributed by atoms with Crippen LogP contribution in [0, 0.1) is 11.7 Å². The zero-order chi connectivity index (χ0) is 30.0. The molecule has 1 aromatic heterocycles. The lowest BCUT2D eigenvalue weighted by atomic mass is 10.0. The molecule has 0 aliphatic heterocycles. The molecule has 3 rings (SSSR count). The Morgan fingerprint density at radius 3 is 2.37 bits per heavy atom. The van der Waals surface area contributed by atoms with Crippen LogP contribution >= 0.6 is 0 Å². The van der Waals surface area contributed by atoms with Gasteiger partial charge in [0, 0.05) is 31.6 Å². The maximum atomic E-state index is 13.7. The molecule has 1 atom stereocenters. The molecule has 1 N–H and O–H groups in total. The van der Waals surface area contributed by atoms with Crippen molar-refractivity contribution in [2.24, 2.45) is 5.92 Å². The Labute approximate surface area is 241 Å². The first-order valence-electron chi connectivity index (χ1n) is 14.5. The largest absolute Gasteiger partial charge is 0.458 e. The molecule has 1 aliphatic rings. The van der Waals surface area contributed by atoms with Gasteiger partial charge in [0.15, 0.2) is 18.1 Å². The van der Waals surface area contributed by atoms with Crippen LogP contribution in [0.5, 0.6) is 0 Å². The number of hydrogen-bond donors (Lipinski definition) is 1. The van der Waals surface area contributed by atoms with Crippen molar-refractivity contribution in [3.05, 3.63) is 48.0 Å². The van der Waals surface area contributed by atoms with Crippen LogP contribution in [-0.2, 0) is 23.8 Å². The summed E-state index contributed by atoms with van der Waals surface area (Å²) in [7, 11) is 0. The lowest BCUT2D eigenvalue weighted by Gasteiger charge is -2.34. The maximum Gasteiger partial charge on any atom is 0.331 e. The van der Waals surface area contributed by atoms with Crippen molar-refractivity contribution in [2.45, 2.75) is 97.5 Å². The molecule has 1 aliphatic carbocycles. The van der Waals surface area contributed by atoms with E-state index in [2.05, 4.69) is 5.43 Å². The summed E-state index contributed by atoms with van der Waals surface area (Å²) in [6, 6.07) is 7.54. The van der Waals surface area contributed by atoms with E-state index in [-0.39, 0.29) is 24.4 Å². The van der Waals surface area contributed by atoms with Crippen molar-refractivity contribution in [3.63, 3.8) is 0 Å². The van der Waals surface area contributed by atoms with Crippen LogP contribution in [0.25, 0.3) is 11.3 Å². The Hall–Kier alpha value is -3.24. The average molecular weight is 575 g/mol. The van der Waals surface area contributed by atoms with Crippen LogP contribution in [0.1, 0.15) is 90.1 Å². The molecule has 0 saturated heterocycles. The van der Waals surface area contributed by atoms with Gasteiger partial charge in [-0.2, -0.15) is 0 Å². The van der Waals surface area contributed by atoms with Gasteiger partial charge in [-0.3, -0.25) is 15.0 Å². The van der Waals surface area contributed by atoms with Crippen LogP contribution in [-0.4, -0.2) is 53.9 Å². The standard InChI is InChI=1S/C31H43FN2O7/c1-6-38-28(39-7-2)20-24(30(37)41-31(3,4)5)34(27(35)18-15-21-11-8-9-12-21)33-29(36)26-17-16-25(40-26)22-13-10-14-23(32)19-22/h10,13-14,16-17,19,21,24,28H,6-9,11-12,15,18,20H2,1-5H3,(H,33,36)/t24-/m0/s1. The van der Waals surface area contributed by atoms with Crippen LogP contribution in [0.3, 0.4) is 0 Å². The second-order valence-corrected chi connectivity index (χ2v) is 11.2. The zero-order valence-corrected chi connectivity index (χ0v) is 24.7. The van der Waals surface area contributed by atoms with E-state index in [4.69, 9.17) is 18.6 Å². The van der Waals surface area contributed by atoms with Gasteiger partial charge in [0.05, 0.1) is 0 Å². The van der Waals surface area contributed by atoms with Gasteiger partial charge in [-0.25, -0.2) is 14.2 Å². The van der Waals surface area contributed by atoms with Gasteiger partial charge in [-0.15, -0.1) is 0 Å². The predicted octanol–water partition coefficient (Wildman–Crippen LogP) is 6.03. The molecule has 0 bridgehead atoms. The number of halogens is 1. The molecule has 9 nitrogen and oxygen atoms in total. The third kappa shape index (κ3) is 9.97. The quantitative estimate of drug-likeness (QED) is 0.177. The second-order valence-electron chi connectivity index (χ2n) is 11.2. The molecule has 2 aromatic rings. The van der Waals surface area contributed by atoms with Gasteiger partial charge >= 0.3 is 11.9 Å². The van der Waals surface area contributed by atoms with Gasteiger partial charge in [0.25, 0.3) is 0 Å². The normalized spacial score (nSPS) is 14.7. The highest BCUT2D eigenvalue weighted by atomic mass is 19.1. The second kappa shape index (κ2) is 15.1. The van der Waals surface area contributed by atoms with E-state index in [0.717, 1.165) is 30.7 Å². The molecule has 0 radical (unpaired) electrons. The highest BCUT2D eigenvalue weighted by Crippen LogP contribution is 2.29. The van der Waals surface area contributed by atoms with Crippen molar-refractivity contribution in [1.29, 1.82) is 0 Å². The fourth-order valence-corrected chi connectivity index (χ4v) is 4.90. The van der Waals surface area contributed by atoms with E-state index < -0.39 is 41.5 Å². The van der Waals surface area contributed by atoms with Crippen LogP contribution in [0.2, 0.25) is 0 Å². The number of nitrogens with zero attached hydrogens (tertiary/aromatic N) is 1. The van der Waals surface area contributed by atoms with Crippen molar-refractivity contribution in [2.75, 3.05) is 13.2 Å². The lowest BCUT2D eigenvalue weighted by Crippen LogP contribution is -2.57. The Bertz CT molecular complexity index is 1150. The fourth-order valence-electron chi connectivity index (χ4n) is 4.90. The summed E-state index contributed by atoms with van der Waals surface area (Å²) in [5.74, 6) is -1.70. The molecule has 1 fully saturated rings. The van der Waals surface area contributed by atoms with E-state index in [1.165, 1.54) is 24.3 Å². The van der Waals surface area contributed by atoms with Crippen molar-refractivity contribution in [1.82, 2.24) is 10.4 Å². The molecule has 226 valence electrons. The zero-order valence-electron chi connectivity index (χ0n) is 24.7. The number of hydrazine groups is 1. The number of rotatable bonds is 13. The SMILES string of the molecule is CCOC(C[C@@H](C(=O)OC(C)(C)C)N(NC(=O)c1ccc(-c2cccc(F)c2)o1)C(=O)CCC1CCCC1)OCC. The summed E-state index contributed by atoms with van der Waals surface area (Å²) in [5, 5.41) is 1.04. The topological polar surface area (TPSA) is 107 Å². The molecular formula is C31H43FN2O7. The minimum Gasteiger partial charge on any atom is -0.458 e. The van der Waals surface area contributed by atoms with Crippen LogP contribution in [0.4, 0.5) is 4.39 Å². The van der Waals surface area contributed by atoms with E-state index >= 15 is 0 Å². The Kier molecular flexibility index (Phi) is 11.9. The van der Waals surface area contributed by atoms with Crippen molar-refractivity contribution in [3.8, 4) is 11.3 Å². The minimum atomic E-state index is -1.23. The summed E-state index contributed by atoms with van der Waals surface area (Å²) in [5.41, 5.74) is 2.22. The third-order valence-corrected chi connectivity index (χ3v) is 6.78. The molecule has 1 saturated carbocycles. The monoisotopic (exact) mass is 574 g/mol. The first kappa shape index (κ1) is 32.3. The lowest BCUT2D eigenvalue weighted by molar-refractivity contribution is -0.180. The number of amides is 2. The molecule has 41 heavy (non-hydrogen) atoms. The molecule has 1 heterocycles. The van der Waals surface area contributed by atoms with Gasteiger partial charge in [0.1, 0.15) is 17.2 Å². The van der Waals surface area contributed by atoms with Crippen molar-refractivity contribution >= 4 is 17.8 Å². The smallest absolute Gasteiger partial charge is 0.331 e. The minimum absolute atomic E-state index is 0.0568. The van der Waals surface area contributed by atoms with Gasteiger partial charge in [-0.1, -0.05) is 37.8 Å². The number of benzene rings is 1. The number of carbonyl (C=O) groups is 3. The Balaban J connectivity index is 1.90. The van der Waals surface area contributed by atoms with E-state index in [1.54, 1.807) is 46.8 Å². The maximum absolute atomic E-state index is 13.7. The molecular weight excluding hydrogens is 531 g/mol. The summed E-state index contributed by atoms with van der Waals surface area (Å²) in [4.78, 5) is 40.6. The number of nitrogens with one attached hydrogen (secondary N) is 1. The number of ether oxygens (including phenoxy) is 3. The molecule has 1 aromatic carbocycles. The first-order chi connectivity index (χ1) is 19.5. The van der Waals surface area contributed by atoms with Crippen molar-refractivity contribution < 1.29 is 37.4 Å². The number of carbonyl (C=O) groups excluding carboxylic acids is 3. The predicted molar refractivity (Wildman–Crippen MR) is 151 cm³/mol. The van der Waals surface area contributed by atoms with E-state index in [1.807, 2.05) is 0 Å². The summed E-state index contributed by atoms with van der Waals surface area (Å²) < 4.78 is 36.5. The average Bonchev–Trinajstić information content (AvgIpc) is 3.61. The molecule has 10 heteroatoms. The summed E-state index contributed by atoms with van der Waals surface area (Å²) in [6.07, 6.45) is 4.31. The Morgan fingerprint density at radius 1 is 1.07 bits per heavy atom. The van der Waals surface area contributed by atoms with E-state index in [9.17, 15) is 18.8 Å². The van der Waals surface area contributed by atoms with Crippen LogP contribution in [0.15, 0.2) is 40.8 Å². The number of hydrogen-bond acceptors (Lipinski definition) is 7. The first-order valence-corrected chi connectivity index (χ1v) is 14.5. The number of esters is 1. The van der Waals surface area contributed by atoms with Gasteiger partial charge in [-0.05, 0) is 71.2 Å². The third-order valence-electron chi connectivity index (χ3n) is 6.78. The van der Waals surface area contributed by atoms with E-state index in [0.29, 0.717) is 31.1 Å². The fraction of sp³-hybridized carbons (Fsp3) is 0.581. The molecule has 0 unspecified atom stereocenters. The van der Waals surface area contributed by atoms with Crippen LogP contribution < -0.4 is 5.43 Å². The molecule has 0 spiro atoms. The highest BCUT2D eigenvalue weighted by Gasteiger charge is 2.38. The number of furan rings is 1. The Morgan fingerprint density at radius 2 is 1.76 bits per heavy atom. The summed E-state index contributed by atoms with van der Waals surface area (Å²) >= 11 is 0.